The Kier molecular flexibility index (Phi) is 5.26. The fraction of sp³-hybridized carbons (Fsp3) is 0.538. The lowest BCUT2D eigenvalue weighted by atomic mass is 9.93. The number of carbonyl (C=O) groups is 2. The monoisotopic (exact) mass is 269 g/mol. The molecule has 0 aromatic carbocycles. The quantitative estimate of drug-likeness (QED) is 0.240. The maximum Gasteiger partial charge on any atom is 0.258 e. The number of hydrogen-bond acceptors (Lipinski definition) is 5. The van der Waals surface area contributed by atoms with E-state index in [1.165, 1.54) is 6.08 Å². The van der Waals surface area contributed by atoms with Crippen molar-refractivity contribution in [3.05, 3.63) is 23.5 Å². The van der Waals surface area contributed by atoms with Gasteiger partial charge in [-0.1, -0.05) is 19.1 Å². The predicted octanol–water partition coefficient (Wildman–Crippen LogP) is -0.178. The number of amides is 1. The van der Waals surface area contributed by atoms with Crippen molar-refractivity contribution in [2.24, 2.45) is 5.92 Å². The van der Waals surface area contributed by atoms with Gasteiger partial charge in [0.2, 0.25) is 0 Å². The first-order valence-corrected chi connectivity index (χ1v) is 6.11. The number of carbonyl (C=O) groups excluding carboxylic acids is 2. The number of allylic oxidation sites excluding steroid dienone is 1. The van der Waals surface area contributed by atoms with E-state index in [1.54, 1.807) is 19.9 Å². The number of hydrogen-bond donors (Lipinski definition) is 4. The molecule has 6 heteroatoms. The molecule has 0 aromatic heterocycles. The molecule has 1 fully saturated rings. The first kappa shape index (κ1) is 15.4. The Labute approximate surface area is 111 Å². The smallest absolute Gasteiger partial charge is 0.258 e. The topological polar surface area (TPSA) is 107 Å². The Morgan fingerprint density at radius 3 is 2.53 bits per heavy atom. The highest BCUT2D eigenvalue weighted by Crippen LogP contribution is 2.19. The van der Waals surface area contributed by atoms with Crippen LogP contribution in [0.5, 0.6) is 0 Å². The first-order chi connectivity index (χ1) is 8.88. The number of rotatable bonds is 5. The van der Waals surface area contributed by atoms with Crippen LogP contribution in [0.4, 0.5) is 0 Å². The fourth-order valence-corrected chi connectivity index (χ4v) is 1.84. The predicted molar refractivity (Wildman–Crippen MR) is 68.3 cm³/mol. The molecule has 0 bridgehead atoms. The van der Waals surface area contributed by atoms with Crippen LogP contribution in [-0.4, -0.2) is 45.8 Å². The highest BCUT2D eigenvalue weighted by atomic mass is 16.3. The third kappa shape index (κ3) is 3.65. The normalized spacial score (nSPS) is 23.4. The van der Waals surface area contributed by atoms with E-state index in [-0.39, 0.29) is 18.5 Å². The standard InChI is InChI=1S/C13H19NO5/c1-3-4-8(15)7(2)9(16)5-10(17)12-11(18)6-14-13(12)19/h3-4,7-9,15-17H,5-6H2,1-2H3,(H,14,19). The van der Waals surface area contributed by atoms with E-state index in [4.69, 9.17) is 0 Å². The summed E-state index contributed by atoms with van der Waals surface area (Å²) in [7, 11) is 0. The van der Waals surface area contributed by atoms with E-state index < -0.39 is 35.6 Å². The van der Waals surface area contributed by atoms with Gasteiger partial charge in [-0.2, -0.15) is 0 Å². The number of aliphatic hydroxyl groups excluding tert-OH is 3. The van der Waals surface area contributed by atoms with Gasteiger partial charge in [0.25, 0.3) is 5.91 Å². The zero-order valence-electron chi connectivity index (χ0n) is 11.0. The van der Waals surface area contributed by atoms with E-state index in [9.17, 15) is 24.9 Å². The highest BCUT2D eigenvalue weighted by Gasteiger charge is 2.31. The van der Waals surface area contributed by atoms with E-state index in [2.05, 4.69) is 5.32 Å². The van der Waals surface area contributed by atoms with Gasteiger partial charge in [-0.25, -0.2) is 0 Å². The van der Waals surface area contributed by atoms with Crippen molar-refractivity contribution in [2.45, 2.75) is 32.5 Å². The van der Waals surface area contributed by atoms with Gasteiger partial charge in [0.1, 0.15) is 11.3 Å². The number of nitrogens with one attached hydrogen (secondary N) is 1. The third-order valence-corrected chi connectivity index (χ3v) is 3.14. The van der Waals surface area contributed by atoms with Gasteiger partial charge >= 0.3 is 0 Å². The second kappa shape index (κ2) is 6.49. The van der Waals surface area contributed by atoms with Crippen molar-refractivity contribution in [1.29, 1.82) is 0 Å². The summed E-state index contributed by atoms with van der Waals surface area (Å²) in [5, 5.41) is 31.6. The summed E-state index contributed by atoms with van der Waals surface area (Å²) in [4.78, 5) is 22.7. The maximum absolute atomic E-state index is 11.4. The molecule has 1 aliphatic heterocycles. The zero-order chi connectivity index (χ0) is 14.6. The minimum absolute atomic E-state index is 0.134. The molecule has 1 aliphatic rings. The summed E-state index contributed by atoms with van der Waals surface area (Å²) in [6.45, 7) is 3.22. The molecule has 1 saturated heterocycles. The molecule has 106 valence electrons. The summed E-state index contributed by atoms with van der Waals surface area (Å²) in [5.74, 6) is -2.08. The maximum atomic E-state index is 11.4. The number of aliphatic hydroxyl groups is 3. The lowest BCUT2D eigenvalue weighted by Crippen LogP contribution is -2.29. The lowest BCUT2D eigenvalue weighted by Gasteiger charge is -2.21. The number of Topliss-reactive ketones (excluding diaryl/α,β-unsaturated/α-hetero) is 1. The molecule has 1 amide bonds. The highest BCUT2D eigenvalue weighted by molar-refractivity contribution is 6.25. The van der Waals surface area contributed by atoms with Gasteiger partial charge in [-0.05, 0) is 6.92 Å². The van der Waals surface area contributed by atoms with Crippen LogP contribution in [0.1, 0.15) is 20.3 Å². The van der Waals surface area contributed by atoms with Gasteiger partial charge in [0, 0.05) is 12.3 Å². The molecule has 0 spiro atoms. The molecule has 1 heterocycles. The summed E-state index contributed by atoms with van der Waals surface area (Å²) >= 11 is 0. The van der Waals surface area contributed by atoms with Gasteiger partial charge < -0.3 is 20.6 Å². The average Bonchev–Trinajstić information content (AvgIpc) is 2.68. The molecule has 0 aromatic rings. The second-order valence-electron chi connectivity index (χ2n) is 4.57. The first-order valence-electron chi connectivity index (χ1n) is 6.11. The Morgan fingerprint density at radius 2 is 2.05 bits per heavy atom. The Morgan fingerprint density at radius 1 is 1.42 bits per heavy atom. The molecule has 19 heavy (non-hydrogen) atoms. The van der Waals surface area contributed by atoms with E-state index in [1.807, 2.05) is 0 Å². The molecule has 0 saturated carbocycles. The van der Waals surface area contributed by atoms with Crippen molar-refractivity contribution < 1.29 is 24.9 Å². The van der Waals surface area contributed by atoms with Crippen LogP contribution in [0.15, 0.2) is 23.5 Å². The molecular formula is C13H19NO5. The van der Waals surface area contributed by atoms with Crippen molar-refractivity contribution in [2.75, 3.05) is 6.54 Å². The van der Waals surface area contributed by atoms with Gasteiger partial charge in [0.15, 0.2) is 5.78 Å². The van der Waals surface area contributed by atoms with E-state index in [0.717, 1.165) is 0 Å². The van der Waals surface area contributed by atoms with Crippen molar-refractivity contribution >= 4 is 11.7 Å². The van der Waals surface area contributed by atoms with Crippen molar-refractivity contribution in [3.63, 3.8) is 0 Å². The van der Waals surface area contributed by atoms with Crippen LogP contribution in [0, 0.1) is 5.92 Å². The largest absolute Gasteiger partial charge is 0.511 e. The summed E-state index contributed by atoms with van der Waals surface area (Å²) < 4.78 is 0. The van der Waals surface area contributed by atoms with Crippen LogP contribution < -0.4 is 5.32 Å². The van der Waals surface area contributed by atoms with E-state index >= 15 is 0 Å². The van der Waals surface area contributed by atoms with Crippen LogP contribution in [-0.2, 0) is 9.59 Å². The van der Waals surface area contributed by atoms with Crippen molar-refractivity contribution in [3.8, 4) is 0 Å². The molecule has 0 radical (unpaired) electrons. The summed E-state index contributed by atoms with van der Waals surface area (Å²) in [6, 6.07) is 0. The minimum atomic E-state index is -1.06. The van der Waals surface area contributed by atoms with Crippen LogP contribution in [0.2, 0.25) is 0 Å². The molecule has 3 atom stereocenters. The second-order valence-corrected chi connectivity index (χ2v) is 4.57. The van der Waals surface area contributed by atoms with Crippen LogP contribution >= 0.6 is 0 Å². The molecule has 1 rings (SSSR count). The summed E-state index contributed by atoms with van der Waals surface area (Å²) in [6.07, 6.45) is 1.02. The Balaban J connectivity index is 2.76. The van der Waals surface area contributed by atoms with Gasteiger partial charge in [0.05, 0.1) is 18.8 Å². The van der Waals surface area contributed by atoms with Crippen molar-refractivity contribution in [1.82, 2.24) is 5.32 Å². The molecule has 3 unspecified atom stereocenters. The fourth-order valence-electron chi connectivity index (χ4n) is 1.84. The minimum Gasteiger partial charge on any atom is -0.511 e. The van der Waals surface area contributed by atoms with Gasteiger partial charge in [-0.15, -0.1) is 0 Å². The SMILES string of the molecule is CC=CC(O)C(C)C(O)CC(O)=C1C(=O)CNC1=O. The number of ketones is 1. The molecular weight excluding hydrogens is 250 g/mol. The Bertz CT molecular complexity index is 409. The van der Waals surface area contributed by atoms with Gasteiger partial charge in [-0.3, -0.25) is 9.59 Å². The molecule has 6 nitrogen and oxygen atoms in total. The lowest BCUT2D eigenvalue weighted by molar-refractivity contribution is -0.117. The molecule has 0 aliphatic carbocycles. The third-order valence-electron chi connectivity index (χ3n) is 3.14. The Hall–Kier alpha value is -1.66. The van der Waals surface area contributed by atoms with Crippen LogP contribution in [0.3, 0.4) is 0 Å². The zero-order valence-corrected chi connectivity index (χ0v) is 11.0. The van der Waals surface area contributed by atoms with Crippen LogP contribution in [0.25, 0.3) is 0 Å². The average molecular weight is 269 g/mol. The van der Waals surface area contributed by atoms with E-state index in [0.29, 0.717) is 0 Å². The summed E-state index contributed by atoms with van der Waals surface area (Å²) in [5.41, 5.74) is -0.299. The molecule has 4 N–H and O–H groups in total.